The van der Waals surface area contributed by atoms with Gasteiger partial charge in [0.2, 0.25) is 11.8 Å². The molecule has 1 aromatic carbocycles. The van der Waals surface area contributed by atoms with E-state index in [1.165, 1.54) is 0 Å². The van der Waals surface area contributed by atoms with Gasteiger partial charge in [0.25, 0.3) is 0 Å². The highest BCUT2D eigenvalue weighted by Gasteiger charge is 2.49. The molecule has 1 atom stereocenters. The Balaban J connectivity index is 1.64. The lowest BCUT2D eigenvalue weighted by molar-refractivity contribution is -0.146. The van der Waals surface area contributed by atoms with Crippen molar-refractivity contribution in [3.8, 4) is 5.75 Å². The van der Waals surface area contributed by atoms with E-state index in [-0.39, 0.29) is 23.3 Å². The van der Waals surface area contributed by atoms with Crippen LogP contribution < -0.4 is 4.74 Å². The maximum Gasteiger partial charge on any atom is 0.239 e. The largest absolute Gasteiger partial charge is 0.497 e. The lowest BCUT2D eigenvalue weighted by Gasteiger charge is -2.52. The molecular weight excluding hydrogens is 354 g/mol. The van der Waals surface area contributed by atoms with Crippen molar-refractivity contribution in [2.45, 2.75) is 38.1 Å². The maximum atomic E-state index is 12.9. The van der Waals surface area contributed by atoms with E-state index in [0.29, 0.717) is 6.42 Å². The van der Waals surface area contributed by atoms with Gasteiger partial charge in [-0.1, -0.05) is 12.1 Å². The molecule has 0 radical (unpaired) electrons. The van der Waals surface area contributed by atoms with E-state index in [0.717, 1.165) is 56.6 Å². The van der Waals surface area contributed by atoms with Gasteiger partial charge >= 0.3 is 0 Å². The molecule has 2 fully saturated rings. The molecule has 2 heterocycles. The highest BCUT2D eigenvalue weighted by Crippen LogP contribution is 2.44. The molecule has 2 aliphatic heterocycles. The Morgan fingerprint density at radius 1 is 1.11 bits per heavy atom. The van der Waals surface area contributed by atoms with Crippen molar-refractivity contribution in [1.82, 2.24) is 14.7 Å². The van der Waals surface area contributed by atoms with Crippen LogP contribution in [0.4, 0.5) is 0 Å². The van der Waals surface area contributed by atoms with Gasteiger partial charge in [-0.2, -0.15) is 0 Å². The second-order valence-corrected chi connectivity index (χ2v) is 8.49. The number of benzene rings is 1. The summed E-state index contributed by atoms with van der Waals surface area (Å²) in [4.78, 5) is 31.6. The molecule has 2 aliphatic rings. The van der Waals surface area contributed by atoms with Gasteiger partial charge < -0.3 is 14.5 Å². The van der Waals surface area contributed by atoms with Gasteiger partial charge in [0, 0.05) is 27.2 Å². The molecule has 1 aromatic rings. The molecule has 1 unspecified atom stereocenters. The highest BCUT2D eigenvalue weighted by molar-refractivity contribution is 5.83. The van der Waals surface area contributed by atoms with E-state index < -0.39 is 0 Å². The summed E-state index contributed by atoms with van der Waals surface area (Å²) in [5.74, 6) is 1.16. The zero-order valence-corrected chi connectivity index (χ0v) is 17.6. The first kappa shape index (κ1) is 20.6. The van der Waals surface area contributed by atoms with E-state index in [9.17, 15) is 9.59 Å². The molecule has 0 aromatic heterocycles. The fourth-order valence-electron chi connectivity index (χ4n) is 4.86. The third-order valence-corrected chi connectivity index (χ3v) is 6.51. The van der Waals surface area contributed by atoms with Crippen molar-refractivity contribution >= 4 is 11.8 Å². The van der Waals surface area contributed by atoms with Crippen LogP contribution in [0, 0.1) is 5.41 Å². The number of hydrogen-bond acceptors (Lipinski definition) is 4. The minimum atomic E-state index is -0.0740. The maximum absolute atomic E-state index is 12.9. The lowest BCUT2D eigenvalue weighted by atomic mass is 9.66. The van der Waals surface area contributed by atoms with Gasteiger partial charge in [-0.25, -0.2) is 0 Å². The second-order valence-electron chi connectivity index (χ2n) is 8.49. The fourth-order valence-corrected chi connectivity index (χ4v) is 4.86. The summed E-state index contributed by atoms with van der Waals surface area (Å²) in [7, 11) is 7.38. The van der Waals surface area contributed by atoms with E-state index in [1.54, 1.807) is 12.0 Å². The zero-order chi connectivity index (χ0) is 20.3. The Morgan fingerprint density at radius 2 is 1.75 bits per heavy atom. The molecule has 6 heteroatoms. The van der Waals surface area contributed by atoms with Crippen LogP contribution in [-0.2, 0) is 16.0 Å². The summed E-state index contributed by atoms with van der Waals surface area (Å²) in [5.41, 5.74) is 0.995. The highest BCUT2D eigenvalue weighted by atomic mass is 16.5. The van der Waals surface area contributed by atoms with Crippen LogP contribution in [0.15, 0.2) is 24.3 Å². The summed E-state index contributed by atoms with van der Waals surface area (Å²) in [6, 6.07) is 7.61. The minimum absolute atomic E-state index is 0.00868. The molecule has 0 N–H and O–H groups in total. The average molecular weight is 388 g/mol. The van der Waals surface area contributed by atoms with Crippen molar-refractivity contribution < 1.29 is 14.3 Å². The molecule has 0 bridgehead atoms. The number of methoxy groups -OCH3 is 1. The predicted octanol–water partition coefficient (Wildman–Crippen LogP) is 2.03. The monoisotopic (exact) mass is 387 g/mol. The summed E-state index contributed by atoms with van der Waals surface area (Å²) in [5, 5.41) is 0. The van der Waals surface area contributed by atoms with Crippen LogP contribution in [0.1, 0.15) is 31.2 Å². The van der Waals surface area contributed by atoms with Gasteiger partial charge in [0.15, 0.2) is 0 Å². The predicted molar refractivity (Wildman–Crippen MR) is 109 cm³/mol. The first-order chi connectivity index (χ1) is 13.4. The number of carbonyl (C=O) groups excluding carboxylic acids is 2. The minimum Gasteiger partial charge on any atom is -0.497 e. The SMILES string of the molecule is COc1ccc(CC(=O)N2CCC3(CCCN(C)C3C(=O)N(C)C)CC2)cc1. The van der Waals surface area contributed by atoms with Crippen molar-refractivity contribution in [3.05, 3.63) is 29.8 Å². The Labute approximate surface area is 168 Å². The van der Waals surface area contributed by atoms with Crippen molar-refractivity contribution in [3.63, 3.8) is 0 Å². The number of likely N-dealkylation sites (tertiary alicyclic amines) is 2. The number of carbonyl (C=O) groups is 2. The third-order valence-electron chi connectivity index (χ3n) is 6.51. The number of rotatable bonds is 4. The van der Waals surface area contributed by atoms with Crippen LogP contribution in [0.2, 0.25) is 0 Å². The Morgan fingerprint density at radius 3 is 2.32 bits per heavy atom. The van der Waals surface area contributed by atoms with Crippen molar-refractivity contribution in [2.24, 2.45) is 5.41 Å². The summed E-state index contributed by atoms with van der Waals surface area (Å²) in [6.07, 6.45) is 4.40. The molecule has 3 rings (SSSR count). The van der Waals surface area contributed by atoms with Gasteiger partial charge in [0.1, 0.15) is 5.75 Å². The van der Waals surface area contributed by atoms with E-state index in [2.05, 4.69) is 11.9 Å². The van der Waals surface area contributed by atoms with Crippen molar-refractivity contribution in [1.29, 1.82) is 0 Å². The van der Waals surface area contributed by atoms with Crippen molar-refractivity contribution in [2.75, 3.05) is 47.9 Å². The zero-order valence-electron chi connectivity index (χ0n) is 17.6. The Bertz CT molecular complexity index is 693. The van der Waals surface area contributed by atoms with Crippen LogP contribution in [-0.4, -0.2) is 80.4 Å². The lowest BCUT2D eigenvalue weighted by Crippen LogP contribution is -2.61. The molecule has 0 saturated carbocycles. The van der Waals surface area contributed by atoms with Crippen LogP contribution in [0.3, 0.4) is 0 Å². The molecule has 154 valence electrons. The van der Waals surface area contributed by atoms with E-state index in [1.807, 2.05) is 43.3 Å². The van der Waals surface area contributed by atoms with Gasteiger partial charge in [-0.05, 0) is 62.4 Å². The molecular formula is C22H33N3O3. The number of amides is 2. The number of nitrogens with zero attached hydrogens (tertiary/aromatic N) is 3. The standard InChI is InChI=1S/C22H33N3O3/c1-23(2)21(27)20-22(10-5-13-24(20)3)11-14-25(15-12-22)19(26)16-17-6-8-18(28-4)9-7-17/h6-9,20H,5,10-16H2,1-4H3. The summed E-state index contributed by atoms with van der Waals surface area (Å²) < 4.78 is 5.18. The quantitative estimate of drug-likeness (QED) is 0.793. The molecule has 6 nitrogen and oxygen atoms in total. The molecule has 2 amide bonds. The van der Waals surface area contributed by atoms with E-state index >= 15 is 0 Å². The summed E-state index contributed by atoms with van der Waals surface area (Å²) >= 11 is 0. The van der Waals surface area contributed by atoms with E-state index in [4.69, 9.17) is 4.74 Å². The first-order valence-corrected chi connectivity index (χ1v) is 10.2. The number of likely N-dealkylation sites (N-methyl/N-ethyl adjacent to an activating group) is 2. The smallest absolute Gasteiger partial charge is 0.239 e. The Hall–Kier alpha value is -2.08. The molecule has 28 heavy (non-hydrogen) atoms. The second kappa shape index (κ2) is 8.52. The first-order valence-electron chi connectivity index (χ1n) is 10.2. The number of hydrogen-bond donors (Lipinski definition) is 0. The Kier molecular flexibility index (Phi) is 6.28. The third kappa shape index (κ3) is 4.17. The number of ether oxygens (including phenoxy) is 1. The van der Waals surface area contributed by atoms with Crippen LogP contribution >= 0.6 is 0 Å². The van der Waals surface area contributed by atoms with Crippen LogP contribution in [0.25, 0.3) is 0 Å². The topological polar surface area (TPSA) is 53.1 Å². The average Bonchev–Trinajstić information content (AvgIpc) is 2.68. The van der Waals surface area contributed by atoms with Gasteiger partial charge in [-0.3, -0.25) is 14.5 Å². The van der Waals surface area contributed by atoms with Gasteiger partial charge in [0.05, 0.1) is 19.6 Å². The molecule has 1 spiro atoms. The number of piperidine rings is 2. The van der Waals surface area contributed by atoms with Gasteiger partial charge in [-0.15, -0.1) is 0 Å². The summed E-state index contributed by atoms with van der Waals surface area (Å²) in [6.45, 7) is 2.44. The van der Waals surface area contributed by atoms with Crippen LogP contribution in [0.5, 0.6) is 5.75 Å². The fraction of sp³-hybridized carbons (Fsp3) is 0.636. The molecule has 0 aliphatic carbocycles. The molecule has 2 saturated heterocycles. The normalized spacial score (nSPS) is 22.1.